The summed E-state index contributed by atoms with van der Waals surface area (Å²) in [5.41, 5.74) is 0.735. The van der Waals surface area contributed by atoms with Gasteiger partial charge >= 0.3 is 18.2 Å². The van der Waals surface area contributed by atoms with Crippen LogP contribution in [0.2, 0.25) is 0 Å². The number of carboxylic acid groups (broad SMARTS) is 1. The summed E-state index contributed by atoms with van der Waals surface area (Å²) in [4.78, 5) is 54.8. The average Bonchev–Trinajstić information content (AvgIpc) is 3.39. The molecule has 9 nitrogen and oxygen atoms in total. The van der Waals surface area contributed by atoms with Crippen LogP contribution < -0.4 is 5.32 Å². The van der Waals surface area contributed by atoms with Crippen LogP contribution in [0.15, 0.2) is 91.0 Å². The molecule has 0 spiro atoms. The number of amides is 3. The number of hydrogen-bond donors (Lipinski definition) is 2. The van der Waals surface area contributed by atoms with Crippen molar-refractivity contribution in [2.24, 2.45) is 0 Å². The first-order chi connectivity index (χ1) is 21.5. The molecule has 0 radical (unpaired) electrons. The predicted molar refractivity (Wildman–Crippen MR) is 156 cm³/mol. The first-order valence-corrected chi connectivity index (χ1v) is 14.2. The first-order valence-electron chi connectivity index (χ1n) is 14.2. The molecule has 3 amide bonds. The zero-order valence-electron chi connectivity index (χ0n) is 24.1. The van der Waals surface area contributed by atoms with Crippen molar-refractivity contribution in [1.82, 2.24) is 15.1 Å². The molecule has 3 aromatic rings. The maximum absolute atomic E-state index is 13.9. The van der Waals surface area contributed by atoms with Gasteiger partial charge in [-0.15, -0.1) is 0 Å². The van der Waals surface area contributed by atoms with E-state index in [1.54, 1.807) is 48.6 Å². The number of rotatable bonds is 10. The van der Waals surface area contributed by atoms with Crippen LogP contribution in [-0.4, -0.2) is 63.5 Å². The largest absolute Gasteiger partial charge is 0.481 e. The SMILES string of the molecule is C[C@@H](NC(=O)[C@@H](CC(=O)O)N1C(=O)C(N2C(=O)OC[C@@H]2c2ccccc2)C1C=Cc1ccccc1)c1cccc(C(F)(F)F)c1. The van der Waals surface area contributed by atoms with Gasteiger partial charge in [-0.2, -0.15) is 13.2 Å². The van der Waals surface area contributed by atoms with Crippen LogP contribution in [0, 0.1) is 0 Å². The molecule has 2 aliphatic heterocycles. The molecule has 2 N–H and O–H groups in total. The van der Waals surface area contributed by atoms with Crippen molar-refractivity contribution >= 4 is 30.0 Å². The molecule has 3 aromatic carbocycles. The van der Waals surface area contributed by atoms with E-state index in [-0.39, 0.29) is 12.2 Å². The predicted octanol–water partition coefficient (Wildman–Crippen LogP) is 5.21. The Morgan fingerprint density at radius 3 is 2.33 bits per heavy atom. The van der Waals surface area contributed by atoms with E-state index in [4.69, 9.17) is 4.74 Å². The van der Waals surface area contributed by atoms with Gasteiger partial charge in [0.1, 0.15) is 18.7 Å². The van der Waals surface area contributed by atoms with Gasteiger partial charge in [0.25, 0.3) is 0 Å². The molecular weight excluding hydrogens is 591 g/mol. The molecule has 5 atom stereocenters. The van der Waals surface area contributed by atoms with E-state index >= 15 is 0 Å². The normalized spacial score (nSPS) is 21.3. The number of halogens is 3. The summed E-state index contributed by atoms with van der Waals surface area (Å²) in [6.07, 6.45) is -2.76. The summed E-state index contributed by atoms with van der Waals surface area (Å²) in [5.74, 6) is -2.90. The lowest BCUT2D eigenvalue weighted by molar-refractivity contribution is -0.165. The summed E-state index contributed by atoms with van der Waals surface area (Å²) < 4.78 is 45.2. The molecular formula is C33H30F3N3O6. The number of carboxylic acids is 1. The number of alkyl halides is 3. The minimum Gasteiger partial charge on any atom is -0.481 e. The number of aliphatic carboxylic acids is 1. The topological polar surface area (TPSA) is 116 Å². The highest BCUT2D eigenvalue weighted by Gasteiger charge is 2.58. The summed E-state index contributed by atoms with van der Waals surface area (Å²) in [5, 5.41) is 12.3. The third-order valence-electron chi connectivity index (χ3n) is 7.91. The molecule has 2 heterocycles. The minimum atomic E-state index is -4.60. The molecule has 5 rings (SSSR count). The number of nitrogens with zero attached hydrogens (tertiary/aromatic N) is 2. The molecule has 0 aromatic heterocycles. The number of ether oxygens (including phenoxy) is 1. The van der Waals surface area contributed by atoms with Gasteiger partial charge in [0.15, 0.2) is 0 Å². The second-order valence-corrected chi connectivity index (χ2v) is 10.8. The van der Waals surface area contributed by atoms with Crippen molar-refractivity contribution in [1.29, 1.82) is 0 Å². The number of benzene rings is 3. The molecule has 234 valence electrons. The smallest absolute Gasteiger partial charge is 0.416 e. The van der Waals surface area contributed by atoms with Gasteiger partial charge in [0.05, 0.1) is 30.1 Å². The maximum atomic E-state index is 13.9. The first kappa shape index (κ1) is 31.3. The Morgan fingerprint density at radius 1 is 1.02 bits per heavy atom. The van der Waals surface area contributed by atoms with Crippen LogP contribution in [0.5, 0.6) is 0 Å². The van der Waals surface area contributed by atoms with Crippen LogP contribution in [0.4, 0.5) is 18.0 Å². The molecule has 0 bridgehead atoms. The molecule has 2 saturated heterocycles. The standard InChI is InChI=1S/C33H30F3N3O6/c1-20(23-13-8-14-24(17-23)33(34,35)36)37-30(42)26(18-28(40)41)38-25(16-15-21-9-4-2-5-10-21)29(31(38)43)39-27(19-45-32(39)44)22-11-6-3-7-12-22/h2-17,20,25-27,29H,18-19H2,1H3,(H,37,42)(H,40,41)/t20-,25?,26-,27-,29?/m1/s1. The van der Waals surface area contributed by atoms with E-state index in [1.165, 1.54) is 24.0 Å². The Kier molecular flexibility index (Phi) is 8.94. The van der Waals surface area contributed by atoms with Gasteiger partial charge in [-0.1, -0.05) is 84.9 Å². The van der Waals surface area contributed by atoms with Crippen LogP contribution in [0.3, 0.4) is 0 Å². The summed E-state index contributed by atoms with van der Waals surface area (Å²) in [6, 6.07) is 17.4. The van der Waals surface area contributed by atoms with Crippen molar-refractivity contribution in [2.75, 3.05) is 6.61 Å². The zero-order chi connectivity index (χ0) is 32.3. The molecule has 0 saturated carbocycles. The van der Waals surface area contributed by atoms with Crippen molar-refractivity contribution in [3.8, 4) is 0 Å². The number of hydrogen-bond acceptors (Lipinski definition) is 5. The van der Waals surface area contributed by atoms with E-state index in [1.807, 2.05) is 24.3 Å². The molecule has 2 fully saturated rings. The monoisotopic (exact) mass is 621 g/mol. The fraction of sp³-hybridized carbons (Fsp3) is 0.273. The van der Waals surface area contributed by atoms with Crippen molar-refractivity contribution in [2.45, 2.75) is 49.7 Å². The van der Waals surface area contributed by atoms with Crippen molar-refractivity contribution < 1.29 is 42.2 Å². The van der Waals surface area contributed by atoms with Gasteiger partial charge in [-0.05, 0) is 35.7 Å². The summed E-state index contributed by atoms with van der Waals surface area (Å²) in [6.45, 7) is 1.46. The highest BCUT2D eigenvalue weighted by Crippen LogP contribution is 2.39. The fourth-order valence-electron chi connectivity index (χ4n) is 5.66. The number of carbonyl (C=O) groups is 4. The molecule has 0 aliphatic carbocycles. The lowest BCUT2D eigenvalue weighted by Gasteiger charge is -2.52. The van der Waals surface area contributed by atoms with Crippen LogP contribution >= 0.6 is 0 Å². The Hall–Kier alpha value is -5.13. The minimum absolute atomic E-state index is 0.00467. The fourth-order valence-corrected chi connectivity index (χ4v) is 5.66. The van der Waals surface area contributed by atoms with Gasteiger partial charge in [0, 0.05) is 0 Å². The van der Waals surface area contributed by atoms with Crippen molar-refractivity contribution in [3.05, 3.63) is 113 Å². The average molecular weight is 622 g/mol. The number of likely N-dealkylation sites (tertiary alicyclic amines) is 1. The summed E-state index contributed by atoms with van der Waals surface area (Å²) in [7, 11) is 0. The van der Waals surface area contributed by atoms with Gasteiger partial charge < -0.3 is 20.1 Å². The Labute approximate surface area is 256 Å². The van der Waals surface area contributed by atoms with Crippen LogP contribution in [0.25, 0.3) is 6.08 Å². The Bertz CT molecular complexity index is 1600. The van der Waals surface area contributed by atoms with Crippen LogP contribution in [0.1, 0.15) is 47.7 Å². The second-order valence-electron chi connectivity index (χ2n) is 10.8. The van der Waals surface area contributed by atoms with E-state index in [0.717, 1.165) is 28.2 Å². The highest BCUT2D eigenvalue weighted by molar-refractivity contribution is 5.99. The lowest BCUT2D eigenvalue weighted by atomic mass is 9.87. The maximum Gasteiger partial charge on any atom is 0.416 e. The quantitative estimate of drug-likeness (QED) is 0.300. The van der Waals surface area contributed by atoms with Gasteiger partial charge in [-0.3, -0.25) is 19.3 Å². The van der Waals surface area contributed by atoms with Crippen molar-refractivity contribution in [3.63, 3.8) is 0 Å². The molecule has 2 aliphatic rings. The Balaban J connectivity index is 1.46. The van der Waals surface area contributed by atoms with E-state index in [2.05, 4.69) is 5.32 Å². The number of nitrogens with one attached hydrogen (secondary N) is 1. The van der Waals surface area contributed by atoms with Gasteiger partial charge in [0.2, 0.25) is 11.8 Å². The number of β-lactam (4-membered cyclic amide) rings is 1. The third kappa shape index (κ3) is 6.69. The van der Waals surface area contributed by atoms with Gasteiger partial charge in [-0.25, -0.2) is 4.79 Å². The van der Waals surface area contributed by atoms with E-state index in [9.17, 15) is 37.5 Å². The third-order valence-corrected chi connectivity index (χ3v) is 7.91. The highest BCUT2D eigenvalue weighted by atomic mass is 19.4. The summed E-state index contributed by atoms with van der Waals surface area (Å²) >= 11 is 0. The van der Waals surface area contributed by atoms with Crippen LogP contribution in [-0.2, 0) is 25.3 Å². The van der Waals surface area contributed by atoms with E-state index < -0.39 is 72.2 Å². The second kappa shape index (κ2) is 12.8. The molecule has 45 heavy (non-hydrogen) atoms. The Morgan fingerprint density at radius 2 is 1.69 bits per heavy atom. The van der Waals surface area contributed by atoms with E-state index in [0.29, 0.717) is 0 Å². The number of cyclic esters (lactones) is 1. The lowest BCUT2D eigenvalue weighted by Crippen LogP contribution is -2.74. The zero-order valence-corrected chi connectivity index (χ0v) is 24.1. The molecule has 2 unspecified atom stereocenters. The number of carbonyl (C=O) groups excluding carboxylic acids is 3. The molecule has 12 heteroatoms.